The van der Waals surface area contributed by atoms with Gasteiger partial charge in [0.15, 0.2) is 0 Å². The molecule has 0 saturated heterocycles. The molecule has 0 saturated carbocycles. The number of anilines is 1. The highest BCUT2D eigenvalue weighted by molar-refractivity contribution is 5.61. The Bertz CT molecular complexity index is 521. The van der Waals surface area contributed by atoms with Gasteiger partial charge in [-0.3, -0.25) is 0 Å². The van der Waals surface area contributed by atoms with Gasteiger partial charge in [-0.2, -0.15) is 0 Å². The third-order valence-electron chi connectivity index (χ3n) is 2.50. The molecule has 3 heteroatoms. The predicted octanol–water partition coefficient (Wildman–Crippen LogP) is 3.19. The Morgan fingerprint density at radius 3 is 2.65 bits per heavy atom. The van der Waals surface area contributed by atoms with Crippen LogP contribution in [0.25, 0.3) is 11.3 Å². The Labute approximate surface area is 102 Å². The van der Waals surface area contributed by atoms with Crippen molar-refractivity contribution < 1.29 is 0 Å². The lowest BCUT2D eigenvalue weighted by Gasteiger charge is -2.07. The van der Waals surface area contributed by atoms with E-state index in [1.54, 1.807) is 0 Å². The van der Waals surface area contributed by atoms with Gasteiger partial charge in [0, 0.05) is 17.8 Å². The lowest BCUT2D eigenvalue weighted by atomic mass is 10.1. The highest BCUT2D eigenvalue weighted by atomic mass is 15.1. The number of aryl methyl sites for hydroxylation is 2. The van der Waals surface area contributed by atoms with Crippen LogP contribution in [0.1, 0.15) is 18.2 Å². The second-order valence-electron chi connectivity index (χ2n) is 4.12. The van der Waals surface area contributed by atoms with E-state index in [0.29, 0.717) is 5.95 Å². The molecule has 0 spiro atoms. The Hall–Kier alpha value is -1.90. The minimum Gasteiger partial charge on any atom is -0.354 e. The third-order valence-corrected chi connectivity index (χ3v) is 2.50. The summed E-state index contributed by atoms with van der Waals surface area (Å²) in [6.07, 6.45) is 0. The summed E-state index contributed by atoms with van der Waals surface area (Å²) >= 11 is 0. The maximum Gasteiger partial charge on any atom is 0.223 e. The van der Waals surface area contributed by atoms with Gasteiger partial charge in [-0.25, -0.2) is 9.97 Å². The first-order chi connectivity index (χ1) is 8.19. The molecule has 0 fully saturated rings. The van der Waals surface area contributed by atoms with Crippen molar-refractivity contribution in [1.82, 2.24) is 9.97 Å². The Kier molecular flexibility index (Phi) is 3.38. The quantitative estimate of drug-likeness (QED) is 0.875. The highest BCUT2D eigenvalue weighted by Gasteiger charge is 2.04. The summed E-state index contributed by atoms with van der Waals surface area (Å²) in [5.74, 6) is 0.698. The number of nitrogens with zero attached hydrogens (tertiary/aromatic N) is 2. The third kappa shape index (κ3) is 2.81. The number of rotatable bonds is 3. The van der Waals surface area contributed by atoms with Crippen molar-refractivity contribution in [2.75, 3.05) is 11.9 Å². The van der Waals surface area contributed by atoms with Crippen LogP contribution in [0.3, 0.4) is 0 Å². The largest absolute Gasteiger partial charge is 0.354 e. The van der Waals surface area contributed by atoms with Gasteiger partial charge in [0.25, 0.3) is 0 Å². The predicted molar refractivity (Wildman–Crippen MR) is 71.1 cm³/mol. The minimum atomic E-state index is 0.698. The molecule has 0 atom stereocenters. The van der Waals surface area contributed by atoms with E-state index >= 15 is 0 Å². The fraction of sp³-hybridized carbons (Fsp3) is 0.286. The Balaban J connectivity index is 2.44. The van der Waals surface area contributed by atoms with Crippen LogP contribution in [0.2, 0.25) is 0 Å². The fourth-order valence-electron chi connectivity index (χ4n) is 1.76. The molecule has 1 aromatic carbocycles. The van der Waals surface area contributed by atoms with Crippen LogP contribution in [-0.4, -0.2) is 16.5 Å². The van der Waals surface area contributed by atoms with E-state index in [9.17, 15) is 0 Å². The van der Waals surface area contributed by atoms with Gasteiger partial charge in [-0.05, 0) is 32.9 Å². The van der Waals surface area contributed by atoms with Gasteiger partial charge in [-0.1, -0.05) is 23.8 Å². The molecule has 3 nitrogen and oxygen atoms in total. The second kappa shape index (κ2) is 4.95. The molecule has 2 rings (SSSR count). The number of aromatic nitrogens is 2. The van der Waals surface area contributed by atoms with Gasteiger partial charge in [0.2, 0.25) is 5.95 Å². The topological polar surface area (TPSA) is 37.8 Å². The van der Waals surface area contributed by atoms with Crippen molar-refractivity contribution in [3.05, 3.63) is 41.6 Å². The standard InChI is InChI=1S/C14H17N3/c1-4-15-14-16-11(3)9-13(17-14)12-7-5-6-10(2)8-12/h5-9H,4H2,1-3H3,(H,15,16,17). The molecule has 0 radical (unpaired) electrons. The lowest BCUT2D eigenvalue weighted by molar-refractivity contribution is 1.05. The molecule has 0 aliphatic carbocycles. The Morgan fingerprint density at radius 1 is 1.12 bits per heavy atom. The van der Waals surface area contributed by atoms with Gasteiger partial charge < -0.3 is 5.32 Å². The summed E-state index contributed by atoms with van der Waals surface area (Å²) in [5.41, 5.74) is 4.32. The van der Waals surface area contributed by atoms with Crippen LogP contribution in [0.15, 0.2) is 30.3 Å². The summed E-state index contributed by atoms with van der Waals surface area (Å²) in [6, 6.07) is 10.4. The first kappa shape index (κ1) is 11.6. The first-order valence-corrected chi connectivity index (χ1v) is 5.85. The molecular weight excluding hydrogens is 210 g/mol. The van der Waals surface area contributed by atoms with E-state index in [0.717, 1.165) is 23.5 Å². The SMILES string of the molecule is CCNc1nc(C)cc(-c2cccc(C)c2)n1. The fourth-order valence-corrected chi connectivity index (χ4v) is 1.76. The molecule has 1 heterocycles. The van der Waals surface area contributed by atoms with E-state index in [4.69, 9.17) is 0 Å². The van der Waals surface area contributed by atoms with Crippen molar-refractivity contribution in [3.63, 3.8) is 0 Å². The molecule has 88 valence electrons. The summed E-state index contributed by atoms with van der Waals surface area (Å²) in [7, 11) is 0. The van der Waals surface area contributed by atoms with Crippen LogP contribution in [0.4, 0.5) is 5.95 Å². The zero-order valence-corrected chi connectivity index (χ0v) is 10.5. The maximum absolute atomic E-state index is 4.51. The van der Waals surface area contributed by atoms with Crippen molar-refractivity contribution >= 4 is 5.95 Å². The zero-order chi connectivity index (χ0) is 12.3. The molecular formula is C14H17N3. The van der Waals surface area contributed by atoms with Crippen LogP contribution in [0, 0.1) is 13.8 Å². The molecule has 0 aliphatic heterocycles. The van der Waals surface area contributed by atoms with E-state index in [1.807, 2.05) is 19.9 Å². The number of benzene rings is 1. The molecule has 1 N–H and O–H groups in total. The molecule has 0 unspecified atom stereocenters. The minimum absolute atomic E-state index is 0.698. The van der Waals surface area contributed by atoms with Crippen LogP contribution in [0.5, 0.6) is 0 Å². The second-order valence-corrected chi connectivity index (χ2v) is 4.12. The molecule has 0 aliphatic rings. The van der Waals surface area contributed by atoms with E-state index in [2.05, 4.69) is 46.5 Å². The van der Waals surface area contributed by atoms with E-state index in [-0.39, 0.29) is 0 Å². The number of nitrogens with one attached hydrogen (secondary N) is 1. The van der Waals surface area contributed by atoms with Crippen molar-refractivity contribution in [2.45, 2.75) is 20.8 Å². The van der Waals surface area contributed by atoms with Crippen molar-refractivity contribution in [2.24, 2.45) is 0 Å². The number of hydrogen-bond donors (Lipinski definition) is 1. The van der Waals surface area contributed by atoms with Gasteiger partial charge in [-0.15, -0.1) is 0 Å². The summed E-state index contributed by atoms with van der Waals surface area (Å²) in [4.78, 5) is 8.86. The average Bonchev–Trinajstić information content (AvgIpc) is 2.28. The van der Waals surface area contributed by atoms with Crippen molar-refractivity contribution in [1.29, 1.82) is 0 Å². The monoisotopic (exact) mass is 227 g/mol. The number of hydrogen-bond acceptors (Lipinski definition) is 3. The van der Waals surface area contributed by atoms with Crippen LogP contribution >= 0.6 is 0 Å². The molecule has 17 heavy (non-hydrogen) atoms. The average molecular weight is 227 g/mol. The summed E-state index contributed by atoms with van der Waals surface area (Å²) in [6.45, 7) is 6.94. The normalized spacial score (nSPS) is 10.3. The van der Waals surface area contributed by atoms with E-state index < -0.39 is 0 Å². The highest BCUT2D eigenvalue weighted by Crippen LogP contribution is 2.20. The van der Waals surface area contributed by atoms with Crippen LogP contribution in [-0.2, 0) is 0 Å². The van der Waals surface area contributed by atoms with E-state index in [1.165, 1.54) is 5.56 Å². The van der Waals surface area contributed by atoms with Crippen molar-refractivity contribution in [3.8, 4) is 11.3 Å². The lowest BCUT2D eigenvalue weighted by Crippen LogP contribution is -2.03. The zero-order valence-electron chi connectivity index (χ0n) is 10.5. The summed E-state index contributed by atoms with van der Waals surface area (Å²) in [5, 5.41) is 3.15. The Morgan fingerprint density at radius 2 is 1.94 bits per heavy atom. The summed E-state index contributed by atoms with van der Waals surface area (Å²) < 4.78 is 0. The molecule has 0 amide bonds. The first-order valence-electron chi connectivity index (χ1n) is 5.85. The van der Waals surface area contributed by atoms with Gasteiger partial charge in [0.1, 0.15) is 0 Å². The van der Waals surface area contributed by atoms with Gasteiger partial charge >= 0.3 is 0 Å². The maximum atomic E-state index is 4.51. The smallest absolute Gasteiger partial charge is 0.223 e. The van der Waals surface area contributed by atoms with Crippen LogP contribution < -0.4 is 5.32 Å². The van der Waals surface area contributed by atoms with Gasteiger partial charge in [0.05, 0.1) is 5.69 Å². The molecule has 1 aromatic heterocycles. The molecule has 0 bridgehead atoms. The molecule has 2 aromatic rings.